The van der Waals surface area contributed by atoms with Gasteiger partial charge in [-0.2, -0.15) is 0 Å². The largest absolute Gasteiger partial charge is 0.448 e. The van der Waals surface area contributed by atoms with Crippen LogP contribution in [0.3, 0.4) is 0 Å². The van der Waals surface area contributed by atoms with Crippen molar-refractivity contribution in [2.75, 3.05) is 6.61 Å². The molecule has 0 saturated carbocycles. The molecule has 0 radical (unpaired) electrons. The van der Waals surface area contributed by atoms with Gasteiger partial charge in [-0.25, -0.2) is 4.79 Å². The van der Waals surface area contributed by atoms with Crippen molar-refractivity contribution in [2.24, 2.45) is 5.41 Å². The second-order valence-electron chi connectivity index (χ2n) is 6.82. The average Bonchev–Trinajstić information content (AvgIpc) is 2.82. The Morgan fingerprint density at radius 1 is 1.33 bits per heavy atom. The van der Waals surface area contributed by atoms with Crippen LogP contribution in [0.1, 0.15) is 41.5 Å². The molecule has 2 aliphatic heterocycles. The Bertz CT molecular complexity index is 497. The molecule has 2 rings (SSSR count). The number of hydrogen-bond donors (Lipinski definition) is 0. The van der Waals surface area contributed by atoms with Crippen molar-refractivity contribution < 1.29 is 28.5 Å². The molecule has 21 heavy (non-hydrogen) atoms. The van der Waals surface area contributed by atoms with Crippen molar-refractivity contribution in [3.8, 4) is 0 Å². The summed E-state index contributed by atoms with van der Waals surface area (Å²) in [5, 5.41) is 0. The molecule has 2 aliphatic rings. The van der Waals surface area contributed by atoms with Gasteiger partial charge in [-0.05, 0) is 41.5 Å². The van der Waals surface area contributed by atoms with Crippen LogP contribution in [0.5, 0.6) is 0 Å². The highest BCUT2D eigenvalue weighted by atomic mass is 16.8. The molecule has 0 bridgehead atoms. The maximum Gasteiger partial charge on any atom is 0.338 e. The third kappa shape index (κ3) is 3.27. The highest BCUT2D eigenvalue weighted by molar-refractivity contribution is 5.92. The predicted octanol–water partition coefficient (Wildman–Crippen LogP) is 1.93. The Morgan fingerprint density at radius 2 is 1.95 bits per heavy atom. The molecular formula is C15H22O6. The van der Waals surface area contributed by atoms with Crippen LogP contribution in [0.4, 0.5) is 0 Å². The average molecular weight is 298 g/mol. The molecule has 0 aromatic rings. The van der Waals surface area contributed by atoms with Crippen LogP contribution >= 0.6 is 0 Å². The molecule has 1 saturated heterocycles. The standard InChI is InChI=1S/C15H22O6/c1-8-10(20-13(17)14(2,3)4)11(19-12(8)16)9-7-18-15(5,6)21-9/h9,11H,7H2,1-6H3/t9-,11+/m0/s1. The zero-order chi connectivity index (χ0) is 16.0. The van der Waals surface area contributed by atoms with E-state index in [9.17, 15) is 9.59 Å². The predicted molar refractivity (Wildman–Crippen MR) is 73.0 cm³/mol. The number of cyclic esters (lactones) is 1. The van der Waals surface area contributed by atoms with Gasteiger partial charge in [0.15, 0.2) is 17.7 Å². The lowest BCUT2D eigenvalue weighted by molar-refractivity contribution is -0.166. The van der Waals surface area contributed by atoms with E-state index in [0.717, 1.165) is 0 Å². The Kier molecular flexibility index (Phi) is 3.88. The molecule has 118 valence electrons. The number of carbonyl (C=O) groups is 2. The van der Waals surface area contributed by atoms with Gasteiger partial charge in [0.1, 0.15) is 6.10 Å². The first-order valence-corrected chi connectivity index (χ1v) is 6.97. The summed E-state index contributed by atoms with van der Waals surface area (Å²) in [4.78, 5) is 23.8. The van der Waals surface area contributed by atoms with Gasteiger partial charge in [0.2, 0.25) is 0 Å². The summed E-state index contributed by atoms with van der Waals surface area (Å²) in [5.74, 6) is -1.43. The molecular weight excluding hydrogens is 276 g/mol. The SMILES string of the molecule is CC1=C(OC(=O)C(C)(C)C)[C@@H]([C@@H]2COC(C)(C)O2)OC1=O. The maximum absolute atomic E-state index is 12.1. The van der Waals surface area contributed by atoms with Gasteiger partial charge in [-0.1, -0.05) is 0 Å². The third-order valence-electron chi connectivity index (χ3n) is 3.35. The van der Waals surface area contributed by atoms with E-state index in [-0.39, 0.29) is 12.4 Å². The van der Waals surface area contributed by atoms with Gasteiger partial charge in [-0.15, -0.1) is 0 Å². The van der Waals surface area contributed by atoms with E-state index in [1.165, 1.54) is 0 Å². The third-order valence-corrected chi connectivity index (χ3v) is 3.35. The Balaban J connectivity index is 2.19. The molecule has 2 heterocycles. The van der Waals surface area contributed by atoms with Gasteiger partial charge in [0.25, 0.3) is 0 Å². The van der Waals surface area contributed by atoms with Crippen LogP contribution in [-0.2, 0) is 28.5 Å². The highest BCUT2D eigenvalue weighted by Crippen LogP contribution is 2.34. The van der Waals surface area contributed by atoms with Crippen LogP contribution in [0.25, 0.3) is 0 Å². The minimum Gasteiger partial charge on any atom is -0.448 e. The summed E-state index contributed by atoms with van der Waals surface area (Å²) in [7, 11) is 0. The second kappa shape index (κ2) is 5.10. The molecule has 1 fully saturated rings. The Hall–Kier alpha value is -1.40. The van der Waals surface area contributed by atoms with Crippen LogP contribution in [0.2, 0.25) is 0 Å². The fourth-order valence-corrected chi connectivity index (χ4v) is 2.07. The zero-order valence-electron chi connectivity index (χ0n) is 13.3. The number of carbonyl (C=O) groups excluding carboxylic acids is 2. The summed E-state index contributed by atoms with van der Waals surface area (Å²) in [5.41, 5.74) is -0.374. The van der Waals surface area contributed by atoms with E-state index in [2.05, 4.69) is 0 Å². The van der Waals surface area contributed by atoms with E-state index in [4.69, 9.17) is 18.9 Å². The highest BCUT2D eigenvalue weighted by Gasteiger charge is 2.47. The van der Waals surface area contributed by atoms with Crippen molar-refractivity contribution in [3.63, 3.8) is 0 Å². The molecule has 0 spiro atoms. The Labute approximate surface area is 124 Å². The molecule has 0 aliphatic carbocycles. The lowest BCUT2D eigenvalue weighted by Crippen LogP contribution is -2.35. The lowest BCUT2D eigenvalue weighted by Gasteiger charge is -2.23. The van der Waals surface area contributed by atoms with Gasteiger partial charge >= 0.3 is 11.9 Å². The lowest BCUT2D eigenvalue weighted by atomic mass is 9.97. The van der Waals surface area contributed by atoms with Gasteiger partial charge in [0, 0.05) is 0 Å². The van der Waals surface area contributed by atoms with Gasteiger partial charge in [-0.3, -0.25) is 4.79 Å². The van der Waals surface area contributed by atoms with Crippen molar-refractivity contribution in [1.29, 1.82) is 0 Å². The van der Waals surface area contributed by atoms with Crippen molar-refractivity contribution in [3.05, 3.63) is 11.3 Å². The van der Waals surface area contributed by atoms with Crippen molar-refractivity contribution >= 4 is 11.9 Å². The molecule has 0 unspecified atom stereocenters. The number of hydrogen-bond acceptors (Lipinski definition) is 6. The summed E-state index contributed by atoms with van der Waals surface area (Å²) < 4.78 is 21.9. The second-order valence-corrected chi connectivity index (χ2v) is 6.82. The smallest absolute Gasteiger partial charge is 0.338 e. The topological polar surface area (TPSA) is 71.1 Å². The minimum atomic E-state index is -0.745. The number of esters is 2. The van der Waals surface area contributed by atoms with Gasteiger partial charge in [0.05, 0.1) is 17.6 Å². The van der Waals surface area contributed by atoms with Gasteiger partial charge < -0.3 is 18.9 Å². The van der Waals surface area contributed by atoms with Crippen LogP contribution < -0.4 is 0 Å². The van der Waals surface area contributed by atoms with Crippen LogP contribution in [0.15, 0.2) is 11.3 Å². The quantitative estimate of drug-likeness (QED) is 0.725. The molecule has 2 atom stereocenters. The van der Waals surface area contributed by atoms with Crippen molar-refractivity contribution in [2.45, 2.75) is 59.5 Å². The molecule has 0 amide bonds. The molecule has 0 N–H and O–H groups in total. The monoisotopic (exact) mass is 298 g/mol. The first-order chi connectivity index (χ1) is 9.51. The first kappa shape index (κ1) is 16.0. The number of rotatable bonds is 2. The van der Waals surface area contributed by atoms with E-state index in [1.807, 2.05) is 0 Å². The molecule has 0 aromatic carbocycles. The van der Waals surface area contributed by atoms with Crippen LogP contribution in [0, 0.1) is 5.41 Å². The molecule has 0 aromatic heterocycles. The van der Waals surface area contributed by atoms with E-state index in [0.29, 0.717) is 5.57 Å². The summed E-state index contributed by atoms with van der Waals surface area (Å²) >= 11 is 0. The molecule has 6 nitrogen and oxygen atoms in total. The number of ether oxygens (including phenoxy) is 4. The van der Waals surface area contributed by atoms with E-state index < -0.39 is 35.3 Å². The summed E-state index contributed by atoms with van der Waals surface area (Å²) in [6.45, 7) is 10.6. The maximum atomic E-state index is 12.1. The van der Waals surface area contributed by atoms with E-state index >= 15 is 0 Å². The summed E-state index contributed by atoms with van der Waals surface area (Å²) in [6.07, 6.45) is -1.23. The van der Waals surface area contributed by atoms with E-state index in [1.54, 1.807) is 41.5 Å². The first-order valence-electron chi connectivity index (χ1n) is 6.97. The zero-order valence-corrected chi connectivity index (χ0v) is 13.3. The normalized spacial score (nSPS) is 28.8. The summed E-state index contributed by atoms with van der Waals surface area (Å²) in [6, 6.07) is 0. The minimum absolute atomic E-state index is 0.228. The fraction of sp³-hybridized carbons (Fsp3) is 0.733. The fourth-order valence-electron chi connectivity index (χ4n) is 2.07. The van der Waals surface area contributed by atoms with Crippen molar-refractivity contribution in [1.82, 2.24) is 0 Å². The Morgan fingerprint density at radius 3 is 2.43 bits per heavy atom. The van der Waals surface area contributed by atoms with Crippen LogP contribution in [-0.4, -0.2) is 36.5 Å². The molecule has 6 heteroatoms.